The summed E-state index contributed by atoms with van der Waals surface area (Å²) in [5, 5.41) is 0. The van der Waals surface area contributed by atoms with Gasteiger partial charge in [-0.3, -0.25) is 4.98 Å². The van der Waals surface area contributed by atoms with Crippen molar-refractivity contribution in [1.82, 2.24) is 4.98 Å². The van der Waals surface area contributed by atoms with Gasteiger partial charge in [-0.1, -0.05) is 12.6 Å². The van der Waals surface area contributed by atoms with Gasteiger partial charge in [0.2, 0.25) is 0 Å². The Morgan fingerprint density at radius 2 is 2.36 bits per heavy atom. The van der Waals surface area contributed by atoms with Gasteiger partial charge in [-0.15, -0.1) is 0 Å². The van der Waals surface area contributed by atoms with E-state index in [2.05, 4.69) is 11.6 Å². The summed E-state index contributed by atoms with van der Waals surface area (Å²) >= 11 is 0. The molecule has 1 unspecified atom stereocenters. The first-order chi connectivity index (χ1) is 5.24. The third-order valence-corrected chi connectivity index (χ3v) is 1.54. The molecule has 0 aromatic carbocycles. The van der Waals surface area contributed by atoms with E-state index < -0.39 is 0 Å². The number of nitrogens with two attached hydrogens (primary N) is 1. The van der Waals surface area contributed by atoms with Crippen molar-refractivity contribution in [2.75, 3.05) is 0 Å². The zero-order valence-corrected chi connectivity index (χ0v) is 6.62. The maximum absolute atomic E-state index is 5.64. The SMILES string of the molecule is C=Cc1ccc(C(C)N)cn1. The molecule has 0 bridgehead atoms. The molecule has 1 aromatic heterocycles. The van der Waals surface area contributed by atoms with Crippen molar-refractivity contribution in [1.29, 1.82) is 0 Å². The van der Waals surface area contributed by atoms with Crippen molar-refractivity contribution in [3.8, 4) is 0 Å². The lowest BCUT2D eigenvalue weighted by Crippen LogP contribution is -2.05. The summed E-state index contributed by atoms with van der Waals surface area (Å²) in [4.78, 5) is 4.12. The summed E-state index contributed by atoms with van der Waals surface area (Å²) in [6, 6.07) is 3.93. The van der Waals surface area contributed by atoms with Crippen LogP contribution < -0.4 is 5.73 Å². The molecule has 0 aliphatic carbocycles. The smallest absolute Gasteiger partial charge is 0.0623 e. The van der Waals surface area contributed by atoms with Gasteiger partial charge in [-0.05, 0) is 24.6 Å². The Kier molecular flexibility index (Phi) is 2.39. The first-order valence-electron chi connectivity index (χ1n) is 3.58. The molecule has 11 heavy (non-hydrogen) atoms. The molecular weight excluding hydrogens is 136 g/mol. The van der Waals surface area contributed by atoms with Crippen molar-refractivity contribution in [2.24, 2.45) is 5.73 Å². The lowest BCUT2D eigenvalue weighted by Gasteiger charge is -2.03. The molecule has 1 heterocycles. The molecule has 0 saturated heterocycles. The van der Waals surface area contributed by atoms with E-state index in [0.717, 1.165) is 11.3 Å². The normalized spacial score (nSPS) is 12.5. The molecular formula is C9H12N2. The van der Waals surface area contributed by atoms with Crippen LogP contribution in [0.25, 0.3) is 6.08 Å². The van der Waals surface area contributed by atoms with Gasteiger partial charge in [-0.2, -0.15) is 0 Å². The van der Waals surface area contributed by atoms with Crippen LogP contribution in [0, 0.1) is 0 Å². The van der Waals surface area contributed by atoms with Crippen molar-refractivity contribution >= 4 is 6.08 Å². The van der Waals surface area contributed by atoms with E-state index in [1.54, 1.807) is 12.3 Å². The predicted molar refractivity (Wildman–Crippen MR) is 46.9 cm³/mol. The predicted octanol–water partition coefficient (Wildman–Crippen LogP) is 1.74. The summed E-state index contributed by atoms with van der Waals surface area (Å²) in [6.45, 7) is 5.55. The Morgan fingerprint density at radius 1 is 1.64 bits per heavy atom. The molecule has 1 aromatic rings. The van der Waals surface area contributed by atoms with Gasteiger partial charge in [0.05, 0.1) is 5.69 Å². The Labute approximate surface area is 66.8 Å². The van der Waals surface area contributed by atoms with E-state index in [1.165, 1.54) is 0 Å². The number of hydrogen-bond acceptors (Lipinski definition) is 2. The number of aromatic nitrogens is 1. The third-order valence-electron chi connectivity index (χ3n) is 1.54. The van der Waals surface area contributed by atoms with E-state index in [0.29, 0.717) is 0 Å². The number of hydrogen-bond donors (Lipinski definition) is 1. The second-order valence-electron chi connectivity index (χ2n) is 2.51. The molecule has 0 aliphatic heterocycles. The van der Waals surface area contributed by atoms with Crippen LogP contribution >= 0.6 is 0 Å². The molecule has 58 valence electrons. The monoisotopic (exact) mass is 148 g/mol. The van der Waals surface area contributed by atoms with Gasteiger partial charge in [0.1, 0.15) is 0 Å². The molecule has 0 aliphatic rings. The van der Waals surface area contributed by atoms with Gasteiger partial charge < -0.3 is 5.73 Å². The highest BCUT2D eigenvalue weighted by Gasteiger charge is 1.97. The van der Waals surface area contributed by atoms with Crippen LogP contribution in [0.3, 0.4) is 0 Å². The van der Waals surface area contributed by atoms with Gasteiger partial charge in [0.25, 0.3) is 0 Å². The van der Waals surface area contributed by atoms with Crippen LogP contribution in [0.2, 0.25) is 0 Å². The van der Waals surface area contributed by atoms with Crippen molar-refractivity contribution in [3.05, 3.63) is 36.2 Å². The minimum absolute atomic E-state index is 0.0568. The van der Waals surface area contributed by atoms with Crippen LogP contribution in [0.4, 0.5) is 0 Å². The van der Waals surface area contributed by atoms with Crippen molar-refractivity contribution < 1.29 is 0 Å². The van der Waals surface area contributed by atoms with Gasteiger partial charge in [0, 0.05) is 12.2 Å². The van der Waals surface area contributed by atoms with Gasteiger partial charge >= 0.3 is 0 Å². The van der Waals surface area contributed by atoms with Crippen LogP contribution in [0.15, 0.2) is 24.9 Å². The second kappa shape index (κ2) is 3.30. The molecule has 0 radical (unpaired) electrons. The Hall–Kier alpha value is -1.15. The number of pyridine rings is 1. The minimum Gasteiger partial charge on any atom is -0.324 e. The van der Waals surface area contributed by atoms with Gasteiger partial charge in [-0.25, -0.2) is 0 Å². The lowest BCUT2D eigenvalue weighted by atomic mass is 10.1. The summed E-state index contributed by atoms with van der Waals surface area (Å²) in [5.74, 6) is 0. The molecule has 2 N–H and O–H groups in total. The quantitative estimate of drug-likeness (QED) is 0.693. The average molecular weight is 148 g/mol. The summed E-state index contributed by atoms with van der Waals surface area (Å²) < 4.78 is 0. The Bertz CT molecular complexity index is 236. The summed E-state index contributed by atoms with van der Waals surface area (Å²) in [5.41, 5.74) is 7.57. The highest BCUT2D eigenvalue weighted by atomic mass is 14.7. The standard InChI is InChI=1S/C9H12N2/c1-3-9-5-4-8(6-11-9)7(2)10/h3-7H,1,10H2,2H3. The molecule has 1 atom stereocenters. The Balaban J connectivity index is 2.91. The fraction of sp³-hybridized carbons (Fsp3) is 0.222. The highest BCUT2D eigenvalue weighted by molar-refractivity contribution is 5.41. The van der Waals surface area contributed by atoms with Gasteiger partial charge in [0.15, 0.2) is 0 Å². The average Bonchev–Trinajstić information content (AvgIpc) is 2.05. The van der Waals surface area contributed by atoms with E-state index in [4.69, 9.17) is 5.73 Å². The summed E-state index contributed by atoms with van der Waals surface area (Å²) in [6.07, 6.45) is 3.49. The van der Waals surface area contributed by atoms with E-state index >= 15 is 0 Å². The zero-order valence-electron chi connectivity index (χ0n) is 6.62. The maximum Gasteiger partial charge on any atom is 0.0623 e. The molecule has 2 nitrogen and oxygen atoms in total. The van der Waals surface area contributed by atoms with Crippen molar-refractivity contribution in [2.45, 2.75) is 13.0 Å². The van der Waals surface area contributed by atoms with Crippen LogP contribution in [0.5, 0.6) is 0 Å². The van der Waals surface area contributed by atoms with Crippen LogP contribution in [0.1, 0.15) is 24.2 Å². The van der Waals surface area contributed by atoms with Crippen LogP contribution in [-0.2, 0) is 0 Å². The molecule has 2 heteroatoms. The molecule has 0 amide bonds. The van der Waals surface area contributed by atoms with Crippen molar-refractivity contribution in [3.63, 3.8) is 0 Å². The molecule has 0 fully saturated rings. The maximum atomic E-state index is 5.64. The van der Waals surface area contributed by atoms with E-state index in [-0.39, 0.29) is 6.04 Å². The summed E-state index contributed by atoms with van der Waals surface area (Å²) in [7, 11) is 0. The zero-order chi connectivity index (χ0) is 8.27. The number of rotatable bonds is 2. The van der Waals surface area contributed by atoms with Crippen LogP contribution in [-0.4, -0.2) is 4.98 Å². The largest absolute Gasteiger partial charge is 0.324 e. The molecule has 0 saturated carbocycles. The first kappa shape index (κ1) is 7.95. The highest BCUT2D eigenvalue weighted by Crippen LogP contribution is 2.08. The third kappa shape index (κ3) is 1.88. The molecule has 1 rings (SSSR count). The first-order valence-corrected chi connectivity index (χ1v) is 3.58. The Morgan fingerprint density at radius 3 is 2.73 bits per heavy atom. The van der Waals surface area contributed by atoms with E-state index in [1.807, 2.05) is 19.1 Å². The number of nitrogens with zero attached hydrogens (tertiary/aromatic N) is 1. The fourth-order valence-corrected chi connectivity index (χ4v) is 0.807. The topological polar surface area (TPSA) is 38.9 Å². The van der Waals surface area contributed by atoms with E-state index in [9.17, 15) is 0 Å². The second-order valence-corrected chi connectivity index (χ2v) is 2.51. The fourth-order valence-electron chi connectivity index (χ4n) is 0.807. The molecule has 0 spiro atoms. The minimum atomic E-state index is 0.0568. The lowest BCUT2D eigenvalue weighted by molar-refractivity contribution is 0.811.